The van der Waals surface area contributed by atoms with Crippen LogP contribution in [-0.4, -0.2) is 15.0 Å². The highest BCUT2D eigenvalue weighted by Gasteiger charge is 2.10. The van der Waals surface area contributed by atoms with Crippen molar-refractivity contribution in [2.24, 2.45) is 0 Å². The number of rotatable bonds is 2. The largest absolute Gasteiger partial charge is 0.250 e. The van der Waals surface area contributed by atoms with Crippen LogP contribution in [0.3, 0.4) is 0 Å². The van der Waals surface area contributed by atoms with E-state index in [2.05, 4.69) is 42.2 Å². The molecule has 2 aromatic heterocycles. The summed E-state index contributed by atoms with van der Waals surface area (Å²) >= 11 is 0. The highest BCUT2D eigenvalue weighted by Crippen LogP contribution is 2.17. The van der Waals surface area contributed by atoms with Crippen LogP contribution in [0.1, 0.15) is 39.0 Å². The fourth-order valence-electron chi connectivity index (χ4n) is 2.79. The van der Waals surface area contributed by atoms with Gasteiger partial charge in [-0.25, -0.2) is 15.0 Å². The average molecular weight is 345 g/mol. The van der Waals surface area contributed by atoms with Crippen LogP contribution in [0.2, 0.25) is 0 Å². The molecule has 0 saturated carbocycles. The van der Waals surface area contributed by atoms with Gasteiger partial charge in [0.25, 0.3) is 0 Å². The molecule has 0 aliphatic carbocycles. The normalized spacial score (nSPS) is 11.9. The molecular formula is C23H27N3. The van der Waals surface area contributed by atoms with Crippen LogP contribution in [0, 0.1) is 13.8 Å². The molecule has 0 aliphatic heterocycles. The number of pyridine rings is 1. The summed E-state index contributed by atoms with van der Waals surface area (Å²) in [4.78, 5) is 14.1. The molecule has 0 atom stereocenters. The zero-order valence-corrected chi connectivity index (χ0v) is 16.5. The molecule has 2 heterocycles. The molecule has 0 fully saturated rings. The SMILES string of the molecule is C/C=c1/c(-c2cccc(C)c2)nc(-c2cccc(C)n2)n/c1=C/C.CC. The minimum Gasteiger partial charge on any atom is -0.250 e. The molecule has 134 valence electrons. The van der Waals surface area contributed by atoms with Crippen LogP contribution in [0.15, 0.2) is 42.5 Å². The van der Waals surface area contributed by atoms with Crippen molar-refractivity contribution in [3.05, 3.63) is 64.3 Å². The lowest BCUT2D eigenvalue weighted by Crippen LogP contribution is -2.31. The van der Waals surface area contributed by atoms with Crippen LogP contribution in [-0.2, 0) is 0 Å². The molecule has 3 rings (SSSR count). The van der Waals surface area contributed by atoms with E-state index in [9.17, 15) is 0 Å². The zero-order valence-electron chi connectivity index (χ0n) is 16.5. The van der Waals surface area contributed by atoms with E-state index >= 15 is 0 Å². The summed E-state index contributed by atoms with van der Waals surface area (Å²) in [6.07, 6.45) is 4.09. The molecule has 0 spiro atoms. The Morgan fingerprint density at radius 2 is 1.54 bits per heavy atom. The van der Waals surface area contributed by atoms with Gasteiger partial charge in [0, 0.05) is 16.5 Å². The molecule has 3 aromatic rings. The molecule has 0 radical (unpaired) electrons. The van der Waals surface area contributed by atoms with Gasteiger partial charge in [0.2, 0.25) is 0 Å². The summed E-state index contributed by atoms with van der Waals surface area (Å²) in [5.74, 6) is 0.661. The second-order valence-electron chi connectivity index (χ2n) is 5.81. The molecule has 0 saturated heterocycles. The summed E-state index contributed by atoms with van der Waals surface area (Å²) in [7, 11) is 0. The van der Waals surface area contributed by atoms with Crippen molar-refractivity contribution in [1.82, 2.24) is 15.0 Å². The second kappa shape index (κ2) is 9.04. The fourth-order valence-corrected chi connectivity index (χ4v) is 2.79. The summed E-state index contributed by atoms with van der Waals surface area (Å²) in [5, 5.41) is 1.99. The van der Waals surface area contributed by atoms with Gasteiger partial charge in [0.1, 0.15) is 5.69 Å². The van der Waals surface area contributed by atoms with E-state index in [1.807, 2.05) is 58.9 Å². The lowest BCUT2D eigenvalue weighted by molar-refractivity contribution is 1.08. The average Bonchev–Trinajstić information content (AvgIpc) is 2.68. The van der Waals surface area contributed by atoms with Crippen LogP contribution in [0.5, 0.6) is 0 Å². The molecule has 0 unspecified atom stereocenters. The van der Waals surface area contributed by atoms with E-state index in [-0.39, 0.29) is 0 Å². The van der Waals surface area contributed by atoms with Crippen LogP contribution >= 0.6 is 0 Å². The molecule has 0 bridgehead atoms. The predicted molar refractivity (Wildman–Crippen MR) is 111 cm³/mol. The van der Waals surface area contributed by atoms with Crippen molar-refractivity contribution in [3.8, 4) is 22.8 Å². The lowest BCUT2D eigenvalue weighted by atomic mass is 10.1. The first-order valence-corrected chi connectivity index (χ1v) is 9.14. The molecule has 0 N–H and O–H groups in total. The first kappa shape index (κ1) is 19.5. The Morgan fingerprint density at radius 3 is 2.15 bits per heavy atom. The summed E-state index contributed by atoms with van der Waals surface area (Å²) < 4.78 is 0. The van der Waals surface area contributed by atoms with Crippen molar-refractivity contribution in [1.29, 1.82) is 0 Å². The Labute approximate surface area is 156 Å². The third-order valence-electron chi connectivity index (χ3n) is 3.95. The Kier molecular flexibility index (Phi) is 6.79. The predicted octanol–water partition coefficient (Wildman–Crippen LogP) is 4.45. The lowest BCUT2D eigenvalue weighted by Gasteiger charge is -2.08. The monoisotopic (exact) mass is 345 g/mol. The quantitative estimate of drug-likeness (QED) is 0.689. The Morgan fingerprint density at radius 1 is 0.808 bits per heavy atom. The van der Waals surface area contributed by atoms with Crippen molar-refractivity contribution >= 4 is 12.2 Å². The Hall–Kier alpha value is -2.81. The van der Waals surface area contributed by atoms with Gasteiger partial charge in [0.05, 0.1) is 11.0 Å². The molecule has 26 heavy (non-hydrogen) atoms. The van der Waals surface area contributed by atoms with Gasteiger partial charge in [-0.15, -0.1) is 0 Å². The van der Waals surface area contributed by atoms with Crippen molar-refractivity contribution in [2.45, 2.75) is 41.5 Å². The van der Waals surface area contributed by atoms with E-state index in [0.717, 1.165) is 33.2 Å². The number of nitrogens with zero attached hydrogens (tertiary/aromatic N) is 3. The number of hydrogen-bond acceptors (Lipinski definition) is 3. The molecule has 3 nitrogen and oxygen atoms in total. The van der Waals surface area contributed by atoms with E-state index in [0.29, 0.717) is 5.82 Å². The van der Waals surface area contributed by atoms with Crippen LogP contribution in [0.4, 0.5) is 0 Å². The van der Waals surface area contributed by atoms with Gasteiger partial charge in [-0.2, -0.15) is 0 Å². The first-order chi connectivity index (χ1) is 12.6. The third kappa shape index (κ3) is 4.23. The van der Waals surface area contributed by atoms with Gasteiger partial charge < -0.3 is 0 Å². The number of benzene rings is 1. The molecule has 1 aromatic carbocycles. The number of aromatic nitrogens is 3. The maximum atomic E-state index is 4.85. The van der Waals surface area contributed by atoms with E-state index in [1.165, 1.54) is 5.56 Å². The molecular weight excluding hydrogens is 318 g/mol. The number of aryl methyl sites for hydroxylation is 2. The van der Waals surface area contributed by atoms with Gasteiger partial charge in [0.15, 0.2) is 5.82 Å². The smallest absolute Gasteiger partial charge is 0.179 e. The molecule has 3 heteroatoms. The van der Waals surface area contributed by atoms with Gasteiger partial charge in [-0.05, 0) is 45.9 Å². The van der Waals surface area contributed by atoms with E-state index in [4.69, 9.17) is 9.97 Å². The Balaban J connectivity index is 0.00000117. The summed E-state index contributed by atoms with van der Waals surface area (Å²) in [6.45, 7) is 12.1. The van der Waals surface area contributed by atoms with Crippen LogP contribution in [0.25, 0.3) is 34.9 Å². The standard InChI is InChI=1S/C21H21N3.C2H6/c1-5-17-18(6-2)23-21(19-12-8-10-15(4)22-19)24-20(17)16-11-7-9-14(3)13-16;1-2/h5-13H,1-4H3;1-2H3/b17-5+,18-6+;. The minimum absolute atomic E-state index is 0.661. The third-order valence-corrected chi connectivity index (χ3v) is 3.95. The topological polar surface area (TPSA) is 38.7 Å². The van der Waals surface area contributed by atoms with Gasteiger partial charge >= 0.3 is 0 Å². The minimum atomic E-state index is 0.661. The maximum Gasteiger partial charge on any atom is 0.179 e. The Bertz CT molecular complexity index is 1000. The van der Waals surface area contributed by atoms with E-state index in [1.54, 1.807) is 0 Å². The highest BCUT2D eigenvalue weighted by molar-refractivity contribution is 5.65. The van der Waals surface area contributed by atoms with E-state index < -0.39 is 0 Å². The van der Waals surface area contributed by atoms with Crippen molar-refractivity contribution in [3.63, 3.8) is 0 Å². The highest BCUT2D eigenvalue weighted by atomic mass is 14.9. The zero-order chi connectivity index (χ0) is 19.1. The molecule has 0 amide bonds. The van der Waals surface area contributed by atoms with Crippen LogP contribution < -0.4 is 10.6 Å². The fraction of sp³-hybridized carbons (Fsp3) is 0.261. The van der Waals surface area contributed by atoms with Gasteiger partial charge in [-0.3, -0.25) is 0 Å². The van der Waals surface area contributed by atoms with Gasteiger partial charge in [-0.1, -0.05) is 55.8 Å². The second-order valence-corrected chi connectivity index (χ2v) is 5.81. The van der Waals surface area contributed by atoms with Crippen molar-refractivity contribution in [2.75, 3.05) is 0 Å². The maximum absolute atomic E-state index is 4.85. The van der Waals surface area contributed by atoms with Crippen molar-refractivity contribution < 1.29 is 0 Å². The first-order valence-electron chi connectivity index (χ1n) is 9.14. The number of hydrogen-bond donors (Lipinski definition) is 0. The summed E-state index contributed by atoms with van der Waals surface area (Å²) in [6, 6.07) is 14.3. The molecule has 0 aliphatic rings. The summed E-state index contributed by atoms with van der Waals surface area (Å²) in [5.41, 5.74) is 5.02.